The van der Waals surface area contributed by atoms with Crippen LogP contribution >= 0.6 is 0 Å². The Labute approximate surface area is 113 Å². The molecular formula is C13H19NO4S. The molecule has 1 aromatic carbocycles. The Hall–Kier alpha value is -0.950. The number of aliphatic hydroxyl groups excluding tert-OH is 1. The number of hydrogen-bond donors (Lipinski definition) is 1. The van der Waals surface area contributed by atoms with E-state index in [9.17, 15) is 8.42 Å². The summed E-state index contributed by atoms with van der Waals surface area (Å²) in [6.07, 6.45) is 1.83. The molecule has 0 aliphatic heterocycles. The number of ether oxygens (including phenoxy) is 1. The van der Waals surface area contributed by atoms with E-state index in [-0.39, 0.29) is 17.5 Å². The summed E-state index contributed by atoms with van der Waals surface area (Å²) >= 11 is 0. The van der Waals surface area contributed by atoms with Crippen LogP contribution in [0.3, 0.4) is 0 Å². The SMILES string of the molecule is COCCN(C1CC1)S(=O)(=O)c1ccc(CO)cc1. The molecule has 0 heterocycles. The van der Waals surface area contributed by atoms with Gasteiger partial charge in [0.25, 0.3) is 0 Å². The third-order valence-electron chi connectivity index (χ3n) is 3.18. The molecule has 0 bridgehead atoms. The number of sulfonamides is 1. The zero-order chi connectivity index (χ0) is 13.9. The van der Waals surface area contributed by atoms with Crippen molar-refractivity contribution in [1.82, 2.24) is 4.31 Å². The van der Waals surface area contributed by atoms with E-state index in [1.807, 2.05) is 0 Å². The molecule has 1 saturated carbocycles. The van der Waals surface area contributed by atoms with Crippen LogP contribution in [-0.2, 0) is 21.4 Å². The van der Waals surface area contributed by atoms with Crippen LogP contribution in [0.5, 0.6) is 0 Å². The van der Waals surface area contributed by atoms with Crippen molar-refractivity contribution in [1.29, 1.82) is 0 Å². The number of hydrogen-bond acceptors (Lipinski definition) is 4. The van der Waals surface area contributed by atoms with Gasteiger partial charge in [-0.3, -0.25) is 0 Å². The summed E-state index contributed by atoms with van der Waals surface area (Å²) in [4.78, 5) is 0.271. The lowest BCUT2D eigenvalue weighted by molar-refractivity contribution is 0.177. The quantitative estimate of drug-likeness (QED) is 0.811. The van der Waals surface area contributed by atoms with Crippen molar-refractivity contribution >= 4 is 10.0 Å². The van der Waals surface area contributed by atoms with Crippen LogP contribution in [0, 0.1) is 0 Å². The summed E-state index contributed by atoms with van der Waals surface area (Å²) in [5.74, 6) is 0. The first-order valence-corrected chi connectivity index (χ1v) is 7.74. The molecule has 2 rings (SSSR count). The van der Waals surface area contributed by atoms with Gasteiger partial charge in [0.15, 0.2) is 0 Å². The average molecular weight is 285 g/mol. The standard InChI is InChI=1S/C13H19NO4S/c1-18-9-8-14(12-4-5-12)19(16,17)13-6-2-11(10-15)3-7-13/h2-3,6-7,12,15H,4-5,8-10H2,1H3. The van der Waals surface area contributed by atoms with Crippen molar-refractivity contribution in [3.8, 4) is 0 Å². The third-order valence-corrected chi connectivity index (χ3v) is 5.15. The van der Waals surface area contributed by atoms with E-state index in [0.29, 0.717) is 18.7 Å². The Bertz CT molecular complexity index is 508. The van der Waals surface area contributed by atoms with E-state index in [2.05, 4.69) is 0 Å². The van der Waals surface area contributed by atoms with Crippen molar-refractivity contribution in [2.24, 2.45) is 0 Å². The highest BCUT2D eigenvalue weighted by molar-refractivity contribution is 7.89. The molecule has 5 nitrogen and oxygen atoms in total. The van der Waals surface area contributed by atoms with Crippen LogP contribution in [0.1, 0.15) is 18.4 Å². The van der Waals surface area contributed by atoms with Crippen LogP contribution in [-0.4, -0.2) is 44.1 Å². The van der Waals surface area contributed by atoms with Crippen molar-refractivity contribution in [3.63, 3.8) is 0 Å². The van der Waals surface area contributed by atoms with Gasteiger partial charge in [0.2, 0.25) is 10.0 Å². The van der Waals surface area contributed by atoms with Gasteiger partial charge in [0.05, 0.1) is 18.1 Å². The lowest BCUT2D eigenvalue weighted by Gasteiger charge is -2.21. The lowest BCUT2D eigenvalue weighted by atomic mass is 10.2. The maximum absolute atomic E-state index is 12.5. The van der Waals surface area contributed by atoms with Gasteiger partial charge in [0.1, 0.15) is 0 Å². The fourth-order valence-electron chi connectivity index (χ4n) is 1.95. The minimum atomic E-state index is -3.46. The van der Waals surface area contributed by atoms with E-state index in [0.717, 1.165) is 12.8 Å². The second-order valence-electron chi connectivity index (χ2n) is 4.64. The minimum Gasteiger partial charge on any atom is -0.392 e. The first-order valence-electron chi connectivity index (χ1n) is 6.30. The van der Waals surface area contributed by atoms with E-state index in [1.54, 1.807) is 31.4 Å². The van der Waals surface area contributed by atoms with E-state index in [1.165, 1.54) is 4.31 Å². The van der Waals surface area contributed by atoms with Crippen LogP contribution in [0.15, 0.2) is 29.2 Å². The summed E-state index contributed by atoms with van der Waals surface area (Å²) in [5, 5.41) is 8.98. The predicted molar refractivity (Wildman–Crippen MR) is 71.2 cm³/mol. The Morgan fingerprint density at radius 1 is 1.32 bits per heavy atom. The van der Waals surface area contributed by atoms with Gasteiger partial charge in [-0.1, -0.05) is 12.1 Å². The molecule has 1 aliphatic rings. The molecule has 1 fully saturated rings. The predicted octanol–water partition coefficient (Wildman–Crippen LogP) is 0.978. The highest BCUT2D eigenvalue weighted by Crippen LogP contribution is 2.31. The second-order valence-corrected chi connectivity index (χ2v) is 6.53. The van der Waals surface area contributed by atoms with Crippen LogP contribution in [0.2, 0.25) is 0 Å². The third kappa shape index (κ3) is 3.33. The van der Waals surface area contributed by atoms with Crippen molar-refractivity contribution in [3.05, 3.63) is 29.8 Å². The largest absolute Gasteiger partial charge is 0.392 e. The molecule has 1 aliphatic carbocycles. The van der Waals surface area contributed by atoms with Gasteiger partial charge in [-0.05, 0) is 30.5 Å². The number of benzene rings is 1. The normalized spacial score (nSPS) is 15.9. The number of methoxy groups -OCH3 is 1. The first-order chi connectivity index (χ1) is 9.09. The number of nitrogens with zero attached hydrogens (tertiary/aromatic N) is 1. The van der Waals surface area contributed by atoms with Gasteiger partial charge >= 0.3 is 0 Å². The minimum absolute atomic E-state index is 0.0870. The van der Waals surface area contributed by atoms with Gasteiger partial charge in [-0.15, -0.1) is 0 Å². The average Bonchev–Trinajstić information content (AvgIpc) is 3.23. The van der Waals surface area contributed by atoms with Crippen LogP contribution in [0.25, 0.3) is 0 Å². The van der Waals surface area contributed by atoms with Crippen LogP contribution in [0.4, 0.5) is 0 Å². The maximum Gasteiger partial charge on any atom is 0.243 e. The summed E-state index contributed by atoms with van der Waals surface area (Å²) in [7, 11) is -1.90. The van der Waals surface area contributed by atoms with E-state index >= 15 is 0 Å². The monoisotopic (exact) mass is 285 g/mol. The Morgan fingerprint density at radius 2 is 1.95 bits per heavy atom. The number of aliphatic hydroxyl groups is 1. The van der Waals surface area contributed by atoms with Crippen LogP contribution < -0.4 is 0 Å². The zero-order valence-electron chi connectivity index (χ0n) is 10.9. The highest BCUT2D eigenvalue weighted by Gasteiger charge is 2.37. The van der Waals surface area contributed by atoms with Gasteiger partial charge in [-0.2, -0.15) is 4.31 Å². The molecule has 1 N–H and O–H groups in total. The molecule has 0 atom stereocenters. The molecule has 1 aromatic rings. The fourth-order valence-corrected chi connectivity index (χ4v) is 3.61. The molecule has 106 valence electrons. The summed E-state index contributed by atoms with van der Waals surface area (Å²) in [6, 6.07) is 6.46. The fraction of sp³-hybridized carbons (Fsp3) is 0.538. The molecule has 0 aromatic heterocycles. The molecule has 0 radical (unpaired) electrons. The molecule has 0 amide bonds. The van der Waals surface area contributed by atoms with E-state index in [4.69, 9.17) is 9.84 Å². The van der Waals surface area contributed by atoms with Crippen molar-refractivity contribution in [2.75, 3.05) is 20.3 Å². The second kappa shape index (κ2) is 6.00. The number of rotatable bonds is 7. The Kier molecular flexibility index (Phi) is 4.57. The maximum atomic E-state index is 12.5. The summed E-state index contributed by atoms with van der Waals surface area (Å²) in [6.45, 7) is 0.687. The van der Waals surface area contributed by atoms with Gasteiger partial charge in [-0.25, -0.2) is 8.42 Å². The molecule has 6 heteroatoms. The van der Waals surface area contributed by atoms with Gasteiger partial charge in [0, 0.05) is 19.7 Å². The topological polar surface area (TPSA) is 66.8 Å². The summed E-state index contributed by atoms with van der Waals surface area (Å²) < 4.78 is 31.6. The molecule has 19 heavy (non-hydrogen) atoms. The smallest absolute Gasteiger partial charge is 0.243 e. The Morgan fingerprint density at radius 3 is 2.42 bits per heavy atom. The summed E-state index contributed by atoms with van der Waals surface area (Å²) in [5.41, 5.74) is 0.703. The highest BCUT2D eigenvalue weighted by atomic mass is 32.2. The van der Waals surface area contributed by atoms with E-state index < -0.39 is 10.0 Å². The van der Waals surface area contributed by atoms with Gasteiger partial charge < -0.3 is 9.84 Å². The Balaban J connectivity index is 2.22. The lowest BCUT2D eigenvalue weighted by Crippen LogP contribution is -2.35. The molecule has 0 unspecified atom stereocenters. The van der Waals surface area contributed by atoms with Crippen molar-refractivity contribution in [2.45, 2.75) is 30.4 Å². The first kappa shape index (κ1) is 14.5. The molecular weight excluding hydrogens is 266 g/mol. The molecule has 0 spiro atoms. The van der Waals surface area contributed by atoms with Crippen molar-refractivity contribution < 1.29 is 18.3 Å². The zero-order valence-corrected chi connectivity index (χ0v) is 11.8. The molecule has 0 saturated heterocycles.